The molecule has 2 rings (SSSR count). The predicted molar refractivity (Wildman–Crippen MR) is 64.2 cm³/mol. The molecule has 0 spiro atoms. The lowest BCUT2D eigenvalue weighted by atomic mass is 10.0. The summed E-state index contributed by atoms with van der Waals surface area (Å²) in [5, 5.41) is 0. The van der Waals surface area contributed by atoms with Crippen LogP contribution in [0, 0.1) is 5.92 Å². The number of pyridine rings is 1. The molecule has 94 valence electrons. The van der Waals surface area contributed by atoms with E-state index in [0.29, 0.717) is 19.0 Å². The van der Waals surface area contributed by atoms with Crippen LogP contribution in [0.3, 0.4) is 0 Å². The second-order valence-electron chi connectivity index (χ2n) is 4.50. The monoisotopic (exact) mass is 256 g/mol. The van der Waals surface area contributed by atoms with Gasteiger partial charge in [-0.15, -0.1) is 0 Å². The normalized spacial score (nSPS) is 22.5. The first-order chi connectivity index (χ1) is 8.00. The fourth-order valence-electron chi connectivity index (χ4n) is 2.07. The van der Waals surface area contributed by atoms with Crippen LogP contribution in [0.25, 0.3) is 0 Å². The zero-order valence-electron chi connectivity index (χ0n) is 9.72. The van der Waals surface area contributed by atoms with Crippen molar-refractivity contribution in [1.82, 2.24) is 9.29 Å². The summed E-state index contributed by atoms with van der Waals surface area (Å²) in [6.07, 6.45) is 3.22. The van der Waals surface area contributed by atoms with E-state index in [1.165, 1.54) is 22.6 Å². The average molecular weight is 256 g/mol. The minimum Gasteiger partial charge on any atom is -0.328 e. The maximum Gasteiger partial charge on any atom is 0.247 e. The van der Waals surface area contributed by atoms with Gasteiger partial charge in [0.05, 0.1) is 4.90 Å². The lowest BCUT2D eigenvalue weighted by Crippen LogP contribution is -2.39. The molecular weight excluding hydrogens is 240 g/mol. The van der Waals surface area contributed by atoms with Crippen LogP contribution in [0.1, 0.15) is 19.8 Å². The molecule has 1 aromatic rings. The van der Waals surface area contributed by atoms with E-state index in [1.54, 1.807) is 0 Å². The maximum atomic E-state index is 12.2. The molecular formula is C11H16N2O3S. The molecule has 0 bridgehead atoms. The van der Waals surface area contributed by atoms with Gasteiger partial charge < -0.3 is 4.98 Å². The zero-order valence-corrected chi connectivity index (χ0v) is 10.5. The van der Waals surface area contributed by atoms with E-state index in [0.717, 1.165) is 12.8 Å². The van der Waals surface area contributed by atoms with Gasteiger partial charge in [0.25, 0.3) is 0 Å². The van der Waals surface area contributed by atoms with Crippen molar-refractivity contribution < 1.29 is 8.42 Å². The highest BCUT2D eigenvalue weighted by Crippen LogP contribution is 2.22. The summed E-state index contributed by atoms with van der Waals surface area (Å²) in [5.41, 5.74) is -0.295. The Morgan fingerprint density at radius 1 is 1.41 bits per heavy atom. The number of aromatic nitrogens is 1. The van der Waals surface area contributed by atoms with Crippen LogP contribution in [0.5, 0.6) is 0 Å². The first kappa shape index (κ1) is 12.3. The number of rotatable bonds is 2. The van der Waals surface area contributed by atoms with E-state index in [1.807, 2.05) is 0 Å². The third kappa shape index (κ3) is 2.58. The zero-order chi connectivity index (χ0) is 12.5. The smallest absolute Gasteiger partial charge is 0.247 e. The third-order valence-corrected chi connectivity index (χ3v) is 4.87. The van der Waals surface area contributed by atoms with Gasteiger partial charge in [0, 0.05) is 25.4 Å². The van der Waals surface area contributed by atoms with Gasteiger partial charge in [-0.3, -0.25) is 4.79 Å². The molecule has 0 radical (unpaired) electrons. The number of H-pyrrole nitrogens is 1. The van der Waals surface area contributed by atoms with E-state index in [-0.39, 0.29) is 10.5 Å². The van der Waals surface area contributed by atoms with Gasteiger partial charge in [0.2, 0.25) is 15.6 Å². The van der Waals surface area contributed by atoms with Gasteiger partial charge in [-0.1, -0.05) is 6.92 Å². The van der Waals surface area contributed by atoms with E-state index in [2.05, 4.69) is 11.9 Å². The highest BCUT2D eigenvalue weighted by atomic mass is 32.2. The Labute approximate surface area is 101 Å². The highest BCUT2D eigenvalue weighted by Gasteiger charge is 2.28. The molecule has 1 unspecified atom stereocenters. The lowest BCUT2D eigenvalue weighted by Gasteiger charge is -2.29. The maximum absolute atomic E-state index is 12.2. The predicted octanol–water partition coefficient (Wildman–Crippen LogP) is 0.795. The van der Waals surface area contributed by atoms with Gasteiger partial charge in [0.15, 0.2) is 0 Å². The van der Waals surface area contributed by atoms with Crippen molar-refractivity contribution in [1.29, 1.82) is 0 Å². The molecule has 1 aliphatic rings. The summed E-state index contributed by atoms with van der Waals surface area (Å²) < 4.78 is 26.0. The SMILES string of the molecule is CC1CCCN(S(=O)(=O)c2ccc(=O)[nH]c2)C1. The van der Waals surface area contributed by atoms with Crippen LogP contribution >= 0.6 is 0 Å². The first-order valence-electron chi connectivity index (χ1n) is 5.69. The number of hydrogen-bond acceptors (Lipinski definition) is 3. The first-order valence-corrected chi connectivity index (χ1v) is 7.13. The van der Waals surface area contributed by atoms with Crippen molar-refractivity contribution in [2.45, 2.75) is 24.7 Å². The van der Waals surface area contributed by atoms with Crippen molar-refractivity contribution in [2.24, 2.45) is 5.92 Å². The Kier molecular flexibility index (Phi) is 3.35. The number of piperidine rings is 1. The van der Waals surface area contributed by atoms with Gasteiger partial charge in [-0.25, -0.2) is 8.42 Å². The largest absolute Gasteiger partial charge is 0.328 e. The van der Waals surface area contributed by atoms with E-state index in [9.17, 15) is 13.2 Å². The molecule has 0 saturated carbocycles. The number of nitrogens with one attached hydrogen (secondary N) is 1. The van der Waals surface area contributed by atoms with Crippen LogP contribution in [0.15, 0.2) is 28.0 Å². The second kappa shape index (κ2) is 4.62. The molecule has 1 aliphatic heterocycles. The van der Waals surface area contributed by atoms with Crippen LogP contribution < -0.4 is 5.56 Å². The molecule has 6 heteroatoms. The lowest BCUT2D eigenvalue weighted by molar-refractivity contribution is 0.281. The Morgan fingerprint density at radius 3 is 2.76 bits per heavy atom. The average Bonchev–Trinajstić information content (AvgIpc) is 2.29. The summed E-state index contributed by atoms with van der Waals surface area (Å²) in [4.78, 5) is 13.5. The Bertz CT molecular complexity index is 530. The Morgan fingerprint density at radius 2 is 2.18 bits per heavy atom. The summed E-state index contributed by atoms with van der Waals surface area (Å²) in [6, 6.07) is 2.59. The van der Waals surface area contributed by atoms with Crippen LogP contribution in [-0.4, -0.2) is 30.8 Å². The second-order valence-corrected chi connectivity index (χ2v) is 6.44. The minimum absolute atomic E-state index is 0.159. The van der Waals surface area contributed by atoms with Crippen molar-refractivity contribution in [2.75, 3.05) is 13.1 Å². The van der Waals surface area contributed by atoms with E-state index < -0.39 is 10.0 Å². The van der Waals surface area contributed by atoms with Crippen molar-refractivity contribution in [3.8, 4) is 0 Å². The molecule has 0 aromatic carbocycles. The fraction of sp³-hybridized carbons (Fsp3) is 0.545. The summed E-state index contributed by atoms with van der Waals surface area (Å²) in [7, 11) is -3.45. The standard InChI is InChI=1S/C11H16N2O3S/c1-9-3-2-6-13(8-9)17(15,16)10-4-5-11(14)12-7-10/h4-5,7,9H,2-3,6,8H2,1H3,(H,12,14). The Hall–Kier alpha value is -1.14. The Balaban J connectivity index is 2.29. The molecule has 17 heavy (non-hydrogen) atoms. The summed E-state index contributed by atoms with van der Waals surface area (Å²) in [5.74, 6) is 0.390. The van der Waals surface area contributed by atoms with Crippen LogP contribution in [0.2, 0.25) is 0 Å². The number of nitrogens with zero attached hydrogens (tertiary/aromatic N) is 1. The molecule has 0 aliphatic carbocycles. The molecule has 1 aromatic heterocycles. The third-order valence-electron chi connectivity index (χ3n) is 3.01. The molecule has 0 amide bonds. The van der Waals surface area contributed by atoms with Crippen molar-refractivity contribution in [3.05, 3.63) is 28.7 Å². The molecule has 1 atom stereocenters. The van der Waals surface area contributed by atoms with E-state index in [4.69, 9.17) is 0 Å². The fourth-order valence-corrected chi connectivity index (χ4v) is 3.64. The van der Waals surface area contributed by atoms with Crippen molar-refractivity contribution >= 4 is 10.0 Å². The number of aromatic amines is 1. The summed E-state index contributed by atoms with van der Waals surface area (Å²) >= 11 is 0. The molecule has 5 nitrogen and oxygen atoms in total. The topological polar surface area (TPSA) is 70.2 Å². The van der Waals surface area contributed by atoms with Gasteiger partial charge in [0.1, 0.15) is 0 Å². The van der Waals surface area contributed by atoms with Crippen LogP contribution in [0.4, 0.5) is 0 Å². The number of sulfonamides is 1. The minimum atomic E-state index is -3.45. The number of hydrogen-bond donors (Lipinski definition) is 1. The van der Waals surface area contributed by atoms with E-state index >= 15 is 0 Å². The quantitative estimate of drug-likeness (QED) is 0.850. The van der Waals surface area contributed by atoms with Crippen molar-refractivity contribution in [3.63, 3.8) is 0 Å². The molecule has 2 heterocycles. The molecule has 1 fully saturated rings. The summed E-state index contributed by atoms with van der Waals surface area (Å²) in [6.45, 7) is 3.17. The highest BCUT2D eigenvalue weighted by molar-refractivity contribution is 7.89. The van der Waals surface area contributed by atoms with Gasteiger partial charge in [-0.05, 0) is 24.8 Å². The van der Waals surface area contributed by atoms with Gasteiger partial charge in [-0.2, -0.15) is 4.31 Å². The van der Waals surface area contributed by atoms with Crippen LogP contribution in [-0.2, 0) is 10.0 Å². The van der Waals surface area contributed by atoms with Gasteiger partial charge >= 0.3 is 0 Å². The molecule has 1 saturated heterocycles. The molecule has 1 N–H and O–H groups in total.